The zero-order valence-electron chi connectivity index (χ0n) is 22.8. The quantitative estimate of drug-likeness (QED) is 0.162. The first-order valence-electron chi connectivity index (χ1n) is 13.3. The van der Waals surface area contributed by atoms with Gasteiger partial charge in [0.1, 0.15) is 29.1 Å². The fourth-order valence-electron chi connectivity index (χ4n) is 5.02. The standard InChI is InChI=1S/C33H25N3O6S/c1-19-5-9-24(10-6-19)41-25-11-7-23(8-12-25)36-30(29(35-33(36)43)26-4-2-3-15-34-26)28-14-13-27(42-28)20-16-21(31(37)38)18-22(17-20)32(39)40/h2-18,29-30H,1H3,(H,35,43)(H,37,38)(H,39,40)/t29-,30+/m1/s1. The van der Waals surface area contributed by atoms with Gasteiger partial charge >= 0.3 is 11.9 Å². The number of aryl methyl sites for hydroxylation is 1. The number of furan rings is 1. The summed E-state index contributed by atoms with van der Waals surface area (Å²) in [6.45, 7) is 2.02. The van der Waals surface area contributed by atoms with Gasteiger partial charge in [0.15, 0.2) is 5.11 Å². The zero-order valence-corrected chi connectivity index (χ0v) is 23.6. The number of aromatic carboxylic acids is 2. The van der Waals surface area contributed by atoms with Crippen molar-refractivity contribution in [3.05, 3.63) is 131 Å². The van der Waals surface area contributed by atoms with Crippen molar-refractivity contribution in [3.63, 3.8) is 0 Å². The van der Waals surface area contributed by atoms with E-state index in [0.717, 1.165) is 28.8 Å². The monoisotopic (exact) mass is 591 g/mol. The van der Waals surface area contributed by atoms with Crippen LogP contribution in [0.3, 0.4) is 0 Å². The number of anilines is 1. The number of hydrogen-bond donors (Lipinski definition) is 3. The number of benzene rings is 3. The molecule has 1 saturated heterocycles. The highest BCUT2D eigenvalue weighted by Gasteiger charge is 2.42. The summed E-state index contributed by atoms with van der Waals surface area (Å²) in [5.41, 5.74) is 2.70. The number of carboxylic acid groups (broad SMARTS) is 2. The van der Waals surface area contributed by atoms with Gasteiger partial charge in [-0.05, 0) is 98.0 Å². The van der Waals surface area contributed by atoms with Gasteiger partial charge in [0, 0.05) is 17.4 Å². The third-order valence-electron chi connectivity index (χ3n) is 7.10. The maximum absolute atomic E-state index is 11.7. The molecule has 0 unspecified atom stereocenters. The first kappa shape index (κ1) is 27.7. The van der Waals surface area contributed by atoms with Crippen LogP contribution >= 0.6 is 12.2 Å². The van der Waals surface area contributed by atoms with Crippen LogP contribution in [-0.4, -0.2) is 32.2 Å². The van der Waals surface area contributed by atoms with E-state index in [0.29, 0.717) is 27.9 Å². The zero-order chi connectivity index (χ0) is 30.1. The van der Waals surface area contributed by atoms with E-state index in [1.165, 1.54) is 12.1 Å². The largest absolute Gasteiger partial charge is 0.478 e. The molecule has 214 valence electrons. The summed E-state index contributed by atoms with van der Waals surface area (Å²) in [4.78, 5) is 29.8. The van der Waals surface area contributed by atoms with E-state index in [1.54, 1.807) is 18.3 Å². The van der Waals surface area contributed by atoms with Crippen molar-refractivity contribution in [2.75, 3.05) is 4.90 Å². The minimum Gasteiger partial charge on any atom is -0.478 e. The summed E-state index contributed by atoms with van der Waals surface area (Å²) in [7, 11) is 0. The van der Waals surface area contributed by atoms with Crippen molar-refractivity contribution in [3.8, 4) is 22.8 Å². The Bertz CT molecular complexity index is 1790. The molecule has 3 N–H and O–H groups in total. The molecular formula is C33H25N3O6S. The van der Waals surface area contributed by atoms with E-state index in [4.69, 9.17) is 21.4 Å². The molecule has 0 aliphatic carbocycles. The van der Waals surface area contributed by atoms with Gasteiger partial charge in [0.25, 0.3) is 0 Å². The Hall–Kier alpha value is -5.48. The summed E-state index contributed by atoms with van der Waals surface area (Å²) in [6, 6.07) is 27.5. The molecule has 0 radical (unpaired) electrons. The minimum atomic E-state index is -1.24. The first-order valence-corrected chi connectivity index (χ1v) is 13.7. The van der Waals surface area contributed by atoms with Gasteiger partial charge in [-0.1, -0.05) is 23.8 Å². The summed E-state index contributed by atoms with van der Waals surface area (Å²) in [6.07, 6.45) is 1.70. The molecular weight excluding hydrogens is 566 g/mol. The van der Waals surface area contributed by atoms with Crippen molar-refractivity contribution in [1.82, 2.24) is 10.3 Å². The number of rotatable bonds is 8. The first-order chi connectivity index (χ1) is 20.8. The average Bonchev–Trinajstić information content (AvgIpc) is 3.64. The van der Waals surface area contributed by atoms with Crippen LogP contribution in [0, 0.1) is 6.92 Å². The number of hydrogen-bond acceptors (Lipinski definition) is 6. The number of pyridine rings is 1. The second-order valence-corrected chi connectivity index (χ2v) is 10.4. The second kappa shape index (κ2) is 11.4. The minimum absolute atomic E-state index is 0.155. The molecule has 1 aliphatic heterocycles. The van der Waals surface area contributed by atoms with Crippen LogP contribution in [0.4, 0.5) is 5.69 Å². The van der Waals surface area contributed by atoms with Gasteiger partial charge in [-0.15, -0.1) is 0 Å². The van der Waals surface area contributed by atoms with Crippen molar-refractivity contribution < 1.29 is 29.0 Å². The SMILES string of the molecule is Cc1ccc(Oc2ccc(N3C(=S)N[C@H](c4ccccn4)[C@@H]3c3ccc(-c4cc(C(=O)O)cc(C(=O)O)c4)o3)cc2)cc1. The van der Waals surface area contributed by atoms with Crippen LogP contribution in [0.25, 0.3) is 11.3 Å². The number of carbonyl (C=O) groups is 2. The molecule has 3 heterocycles. The van der Waals surface area contributed by atoms with Crippen LogP contribution in [0.2, 0.25) is 0 Å². The van der Waals surface area contributed by atoms with Crippen LogP contribution in [0.5, 0.6) is 11.5 Å². The lowest BCUT2D eigenvalue weighted by molar-refractivity contribution is 0.0696. The van der Waals surface area contributed by atoms with Gasteiger partial charge < -0.3 is 29.6 Å². The number of aromatic nitrogens is 1. The topological polar surface area (TPSA) is 125 Å². The van der Waals surface area contributed by atoms with Gasteiger partial charge in [0.05, 0.1) is 22.9 Å². The van der Waals surface area contributed by atoms with E-state index in [2.05, 4.69) is 10.3 Å². The van der Waals surface area contributed by atoms with Crippen LogP contribution in [-0.2, 0) is 0 Å². The van der Waals surface area contributed by atoms with Gasteiger partial charge in [-0.3, -0.25) is 4.98 Å². The Kier molecular flexibility index (Phi) is 7.35. The summed E-state index contributed by atoms with van der Waals surface area (Å²) >= 11 is 5.80. The molecule has 3 aromatic carbocycles. The van der Waals surface area contributed by atoms with Crippen molar-refractivity contribution in [1.29, 1.82) is 0 Å². The van der Waals surface area contributed by atoms with E-state index >= 15 is 0 Å². The molecule has 1 fully saturated rings. The highest BCUT2D eigenvalue weighted by atomic mass is 32.1. The Balaban J connectivity index is 1.37. The summed E-state index contributed by atoms with van der Waals surface area (Å²) < 4.78 is 12.3. The number of carboxylic acids is 2. The molecule has 2 aromatic heterocycles. The number of nitrogens with zero attached hydrogens (tertiary/aromatic N) is 2. The molecule has 1 aliphatic rings. The third-order valence-corrected chi connectivity index (χ3v) is 7.41. The van der Waals surface area contributed by atoms with E-state index in [1.807, 2.05) is 78.6 Å². The summed E-state index contributed by atoms with van der Waals surface area (Å²) in [5, 5.41) is 22.9. The fraction of sp³-hybridized carbons (Fsp3) is 0.0909. The molecule has 6 rings (SSSR count). The number of ether oxygens (including phenoxy) is 1. The molecule has 2 atom stereocenters. The molecule has 5 aromatic rings. The smallest absolute Gasteiger partial charge is 0.335 e. The lowest BCUT2D eigenvalue weighted by atomic mass is 10.0. The lowest BCUT2D eigenvalue weighted by Gasteiger charge is -2.26. The van der Waals surface area contributed by atoms with E-state index in [9.17, 15) is 19.8 Å². The Morgan fingerprint density at radius 3 is 2.14 bits per heavy atom. The van der Waals surface area contributed by atoms with E-state index < -0.39 is 18.0 Å². The van der Waals surface area contributed by atoms with Crippen molar-refractivity contribution in [2.45, 2.75) is 19.0 Å². The van der Waals surface area contributed by atoms with Crippen LogP contribution < -0.4 is 15.0 Å². The predicted molar refractivity (Wildman–Crippen MR) is 164 cm³/mol. The molecule has 0 saturated carbocycles. The maximum Gasteiger partial charge on any atom is 0.335 e. The Morgan fingerprint density at radius 2 is 1.53 bits per heavy atom. The maximum atomic E-state index is 11.7. The van der Waals surface area contributed by atoms with Crippen molar-refractivity contribution >= 4 is 35.0 Å². The Labute approximate surface area is 252 Å². The molecule has 10 heteroatoms. The second-order valence-electron chi connectivity index (χ2n) is 10.0. The highest BCUT2D eigenvalue weighted by molar-refractivity contribution is 7.80. The molecule has 9 nitrogen and oxygen atoms in total. The fourth-order valence-corrected chi connectivity index (χ4v) is 5.37. The van der Waals surface area contributed by atoms with Crippen LogP contribution in [0.1, 0.15) is 49.8 Å². The highest BCUT2D eigenvalue weighted by Crippen LogP contribution is 2.43. The van der Waals surface area contributed by atoms with Gasteiger partial charge in [0.2, 0.25) is 0 Å². The van der Waals surface area contributed by atoms with Gasteiger partial charge in [-0.2, -0.15) is 0 Å². The van der Waals surface area contributed by atoms with Crippen LogP contribution in [0.15, 0.2) is 108 Å². The molecule has 0 amide bonds. The normalized spacial score (nSPS) is 16.1. The van der Waals surface area contributed by atoms with Crippen molar-refractivity contribution in [2.24, 2.45) is 0 Å². The number of nitrogens with one attached hydrogen (secondary N) is 1. The summed E-state index contributed by atoms with van der Waals surface area (Å²) in [5.74, 6) is -0.242. The Morgan fingerprint density at radius 1 is 0.884 bits per heavy atom. The average molecular weight is 592 g/mol. The predicted octanol–water partition coefficient (Wildman–Crippen LogP) is 7.02. The van der Waals surface area contributed by atoms with E-state index in [-0.39, 0.29) is 17.2 Å². The molecule has 0 spiro atoms. The third kappa shape index (κ3) is 5.68. The van der Waals surface area contributed by atoms with Gasteiger partial charge in [-0.25, -0.2) is 9.59 Å². The number of thiocarbonyl (C=S) groups is 1. The molecule has 0 bridgehead atoms. The lowest BCUT2D eigenvalue weighted by Crippen LogP contribution is -2.29. The molecule has 43 heavy (non-hydrogen) atoms.